The maximum absolute atomic E-state index is 9.60. The minimum Gasteiger partial charge on any atom is -0.305 e. The number of rotatable bonds is 7. The van der Waals surface area contributed by atoms with Crippen molar-refractivity contribution in [2.75, 3.05) is 0 Å². The van der Waals surface area contributed by atoms with Gasteiger partial charge in [0, 0.05) is 26.3 Å². The molecule has 0 atom stereocenters. The van der Waals surface area contributed by atoms with Crippen LogP contribution in [0.3, 0.4) is 0 Å². The van der Waals surface area contributed by atoms with Gasteiger partial charge in [-0.1, -0.05) is 42.5 Å². The predicted molar refractivity (Wildman–Crippen MR) is 250 cm³/mol. The molecule has 0 aliphatic carbocycles. The number of para-hydroxylation sites is 2. The van der Waals surface area contributed by atoms with Gasteiger partial charge in [-0.2, -0.15) is 0 Å². The van der Waals surface area contributed by atoms with E-state index in [0.717, 1.165) is 39.2 Å². The maximum atomic E-state index is 9.60. The van der Waals surface area contributed by atoms with E-state index in [9.17, 15) is 5.26 Å². The Hall–Kier alpha value is -5.91. The van der Waals surface area contributed by atoms with Crippen LogP contribution in [0.5, 0.6) is 0 Å². The summed E-state index contributed by atoms with van der Waals surface area (Å²) in [6.45, 7) is 9.19. The second-order valence-corrected chi connectivity index (χ2v) is 18.5. The molecule has 1 radical (unpaired) electrons. The van der Waals surface area contributed by atoms with Crippen LogP contribution in [0.25, 0.3) is 79.2 Å². The zero-order chi connectivity index (χ0) is 41.2. The number of hydrogen-bond acceptors (Lipinski definition) is 3. The molecule has 0 bridgehead atoms. The molecule has 4 nitrogen and oxygen atoms in total. The number of imidazole rings is 1. The third kappa shape index (κ3) is 8.41. The zero-order valence-electron chi connectivity index (χ0n) is 34.4. The Morgan fingerprint density at radius 1 is 0.623 bits per heavy atom. The van der Waals surface area contributed by atoms with Crippen LogP contribution in [-0.2, 0) is 20.1 Å². The summed E-state index contributed by atoms with van der Waals surface area (Å²) in [5.74, 6) is 1.50. The van der Waals surface area contributed by atoms with E-state index in [1.807, 2.05) is 54.6 Å². The van der Waals surface area contributed by atoms with Crippen molar-refractivity contribution in [1.29, 1.82) is 5.26 Å². The minimum absolute atomic E-state index is 0. The first-order valence-electron chi connectivity index (χ1n) is 20.3. The number of pyridine rings is 1. The van der Waals surface area contributed by atoms with E-state index < -0.39 is 20.4 Å². The van der Waals surface area contributed by atoms with Gasteiger partial charge in [-0.15, -0.1) is 35.9 Å². The van der Waals surface area contributed by atoms with E-state index >= 15 is 0 Å². The molecule has 6 heteroatoms. The van der Waals surface area contributed by atoms with Crippen LogP contribution in [-0.4, -0.2) is 35.0 Å². The van der Waals surface area contributed by atoms with Crippen molar-refractivity contribution in [2.45, 2.75) is 39.5 Å². The maximum Gasteiger partial charge on any atom is 0.0160 e. The van der Waals surface area contributed by atoms with Gasteiger partial charge in [-0.3, -0.25) is 0 Å². The van der Waals surface area contributed by atoms with Gasteiger partial charge in [-0.05, 0) is 17.3 Å². The monoisotopic (exact) mass is 1080 g/mol. The molecule has 7 aromatic carbocycles. The molecule has 10 aromatic rings. The largest absolute Gasteiger partial charge is 0.305 e. The van der Waals surface area contributed by atoms with Crippen molar-refractivity contribution in [1.82, 2.24) is 14.5 Å². The summed E-state index contributed by atoms with van der Waals surface area (Å²) in [7, 11) is 0. The van der Waals surface area contributed by atoms with Crippen LogP contribution >= 0.6 is 0 Å². The van der Waals surface area contributed by atoms with Crippen LogP contribution in [0.1, 0.15) is 56.2 Å². The first-order valence-corrected chi connectivity index (χ1v) is 22.7. The first-order chi connectivity index (χ1) is 29.4. The summed E-state index contributed by atoms with van der Waals surface area (Å²) in [5.41, 5.74) is 14.6. The van der Waals surface area contributed by atoms with Gasteiger partial charge in [0.2, 0.25) is 0 Å². The predicted octanol–water partition coefficient (Wildman–Crippen LogP) is 13.9. The molecule has 299 valence electrons. The summed E-state index contributed by atoms with van der Waals surface area (Å²) >= 11 is -0.744. The zero-order valence-corrected chi connectivity index (χ0v) is 39.1. The van der Waals surface area contributed by atoms with E-state index in [4.69, 9.17) is 4.98 Å². The van der Waals surface area contributed by atoms with Crippen LogP contribution in [0.15, 0.2) is 170 Å². The fourth-order valence-corrected chi connectivity index (χ4v) is 11.5. The molecule has 0 aliphatic heterocycles. The van der Waals surface area contributed by atoms with Gasteiger partial charge >= 0.3 is 257 Å². The second-order valence-electron chi connectivity index (χ2n) is 15.5. The molecule has 10 rings (SSSR count). The molecule has 0 fully saturated rings. The molecule has 0 saturated carbocycles. The fraction of sp³-hybridized carbons (Fsp3) is 0.109. The standard InChI is InChI=1S/C44H34N3Te.C11H8N.Ir/c1-27(2)37-24-33(32-20-18-31(19-21-32)30-11-6-5-7-12-30)25-38(28(3)4)42(37)47-40-16-9-8-15-39(40)46-44(47)36-14-10-13-35-34-22-17-29(26-45)23-41(34)48-43(35)36;1-2-6-10(7-3-1)11-8-4-5-9-12-11;/h5-13,15-25,27-28H,1-4H3;1-6,8-9H;/q2*-1;. The van der Waals surface area contributed by atoms with Gasteiger partial charge in [0.1, 0.15) is 0 Å². The van der Waals surface area contributed by atoms with Crippen LogP contribution < -0.4 is 0 Å². The fourth-order valence-electron chi connectivity index (χ4n) is 7.94. The number of nitriles is 1. The Labute approximate surface area is 381 Å². The molecular weight excluding hydrogens is 1040 g/mol. The van der Waals surface area contributed by atoms with Gasteiger partial charge in [0.15, 0.2) is 0 Å². The topological polar surface area (TPSA) is 54.5 Å². The van der Waals surface area contributed by atoms with Crippen LogP contribution in [0.2, 0.25) is 0 Å². The Balaban J connectivity index is 0.000000340. The molecule has 3 heterocycles. The Morgan fingerprint density at radius 3 is 1.97 bits per heavy atom. The summed E-state index contributed by atoms with van der Waals surface area (Å²) in [4.78, 5) is 9.57. The van der Waals surface area contributed by atoms with E-state index in [0.29, 0.717) is 0 Å². The molecule has 0 N–H and O–H groups in total. The van der Waals surface area contributed by atoms with Gasteiger partial charge in [0.05, 0.1) is 0 Å². The molecule has 0 spiro atoms. The summed E-state index contributed by atoms with van der Waals surface area (Å²) < 4.78 is 5.08. The SMILES string of the molecule is CC(C)c1cc(-c2ccc(-c3ccccc3)cc2)cc(C(C)C)c1-n1c(-c2[c-]ccc3c2[te]c2cc(C#N)ccc23)nc2ccccc21.[Ir].[c-]1ccccc1-c1ccccn1. The third-order valence-corrected chi connectivity index (χ3v) is 14.3. The summed E-state index contributed by atoms with van der Waals surface area (Å²) in [6, 6.07) is 66.0. The summed E-state index contributed by atoms with van der Waals surface area (Å²) in [6.07, 6.45) is 1.79. The number of aromatic nitrogens is 3. The van der Waals surface area contributed by atoms with Crippen LogP contribution in [0.4, 0.5) is 0 Å². The van der Waals surface area contributed by atoms with E-state index in [2.05, 4.69) is 165 Å². The molecule has 0 amide bonds. The van der Waals surface area contributed by atoms with Gasteiger partial charge < -0.3 is 4.98 Å². The van der Waals surface area contributed by atoms with E-state index in [-0.39, 0.29) is 31.9 Å². The molecule has 0 aliphatic rings. The smallest absolute Gasteiger partial charge is 0.0160 e. The van der Waals surface area contributed by atoms with Crippen molar-refractivity contribution in [3.8, 4) is 56.7 Å². The average molecular weight is 1080 g/mol. The van der Waals surface area contributed by atoms with Gasteiger partial charge in [0.25, 0.3) is 0 Å². The van der Waals surface area contributed by atoms with E-state index in [1.54, 1.807) is 6.20 Å². The normalized spacial score (nSPS) is 11.1. The number of benzene rings is 7. The first kappa shape index (κ1) is 41.8. The Kier molecular flexibility index (Phi) is 12.6. The van der Waals surface area contributed by atoms with Crippen molar-refractivity contribution in [3.05, 3.63) is 199 Å². The quantitative estimate of drug-likeness (QED) is 0.118. The molecule has 61 heavy (non-hydrogen) atoms. The minimum atomic E-state index is -0.744. The summed E-state index contributed by atoms with van der Waals surface area (Å²) in [5, 5.41) is 12.1. The Morgan fingerprint density at radius 2 is 1.30 bits per heavy atom. The number of nitrogens with zero attached hydrogens (tertiary/aromatic N) is 4. The Bertz CT molecular complexity index is 3080. The third-order valence-electron chi connectivity index (χ3n) is 11.0. The number of fused-ring (bicyclic) bond motifs is 4. The molecular formula is C55H42IrN4Te-2. The van der Waals surface area contributed by atoms with Crippen LogP contribution in [0, 0.1) is 23.5 Å². The second kappa shape index (κ2) is 18.4. The molecule has 0 saturated heterocycles. The van der Waals surface area contributed by atoms with Crippen molar-refractivity contribution in [2.24, 2.45) is 0 Å². The number of hydrogen-bond donors (Lipinski definition) is 0. The average Bonchev–Trinajstić information content (AvgIpc) is 3.88. The van der Waals surface area contributed by atoms with Crippen molar-refractivity contribution in [3.63, 3.8) is 0 Å². The van der Waals surface area contributed by atoms with E-state index in [1.165, 1.54) is 56.6 Å². The van der Waals surface area contributed by atoms with Crippen molar-refractivity contribution < 1.29 is 20.1 Å². The molecule has 3 aromatic heterocycles. The van der Waals surface area contributed by atoms with Gasteiger partial charge in [-0.25, -0.2) is 0 Å². The molecule has 0 unspecified atom stereocenters. The van der Waals surface area contributed by atoms with Crippen molar-refractivity contribution >= 4 is 49.0 Å².